The van der Waals surface area contributed by atoms with Gasteiger partial charge in [0.1, 0.15) is 6.61 Å². The molecule has 2 N–H and O–H groups in total. The van der Waals surface area contributed by atoms with Crippen LogP contribution in [0.5, 0.6) is 0 Å². The van der Waals surface area contributed by atoms with E-state index in [0.717, 1.165) is 18.4 Å². The molecule has 1 saturated carbocycles. The van der Waals surface area contributed by atoms with Crippen LogP contribution >= 0.6 is 0 Å². The van der Waals surface area contributed by atoms with E-state index in [4.69, 9.17) is 10.5 Å². The third kappa shape index (κ3) is 1.89. The number of carbonyl (C=O) groups excluding carboxylic acids is 1. The van der Waals surface area contributed by atoms with Gasteiger partial charge in [0.05, 0.1) is 0 Å². The Kier molecular flexibility index (Phi) is 2.33. The highest BCUT2D eigenvalue weighted by Gasteiger charge is 2.54. The van der Waals surface area contributed by atoms with Gasteiger partial charge in [0.25, 0.3) is 0 Å². The number of amides is 1. The molecule has 1 aromatic carbocycles. The van der Waals surface area contributed by atoms with Crippen LogP contribution in [0, 0.1) is 0 Å². The molecular weight excluding hydrogens is 216 g/mol. The van der Waals surface area contributed by atoms with Gasteiger partial charge in [-0.1, -0.05) is 30.3 Å². The SMILES string of the molecule is NC12CC(C1)N(C(=O)OCc1ccccc1)C2. The summed E-state index contributed by atoms with van der Waals surface area (Å²) >= 11 is 0. The van der Waals surface area contributed by atoms with Crippen molar-refractivity contribution in [2.45, 2.75) is 31.0 Å². The largest absolute Gasteiger partial charge is 0.445 e. The molecule has 0 atom stereocenters. The lowest BCUT2D eigenvalue weighted by Crippen LogP contribution is -2.48. The molecule has 90 valence electrons. The van der Waals surface area contributed by atoms with E-state index >= 15 is 0 Å². The molecule has 2 heterocycles. The topological polar surface area (TPSA) is 55.6 Å². The second kappa shape index (κ2) is 3.74. The fourth-order valence-corrected chi connectivity index (χ4v) is 2.71. The number of nitrogens with two attached hydrogens (primary N) is 1. The second-order valence-corrected chi connectivity index (χ2v) is 5.09. The van der Waals surface area contributed by atoms with Crippen LogP contribution in [-0.2, 0) is 11.3 Å². The van der Waals surface area contributed by atoms with Crippen LogP contribution in [-0.4, -0.2) is 29.1 Å². The van der Waals surface area contributed by atoms with E-state index in [-0.39, 0.29) is 11.6 Å². The highest BCUT2D eigenvalue weighted by atomic mass is 16.6. The Morgan fingerprint density at radius 2 is 2.12 bits per heavy atom. The summed E-state index contributed by atoms with van der Waals surface area (Å²) in [5, 5.41) is 0. The minimum Gasteiger partial charge on any atom is -0.445 e. The van der Waals surface area contributed by atoms with Crippen molar-refractivity contribution in [3.05, 3.63) is 35.9 Å². The molecule has 4 nitrogen and oxygen atoms in total. The molecule has 0 unspecified atom stereocenters. The van der Waals surface area contributed by atoms with Crippen molar-refractivity contribution >= 4 is 6.09 Å². The summed E-state index contributed by atoms with van der Waals surface area (Å²) in [6.45, 7) is 0.978. The molecular formula is C13H16N2O2. The number of hydrogen-bond acceptors (Lipinski definition) is 3. The molecule has 3 aliphatic rings. The Labute approximate surface area is 100 Å². The van der Waals surface area contributed by atoms with Crippen molar-refractivity contribution in [2.24, 2.45) is 5.73 Å². The summed E-state index contributed by atoms with van der Waals surface area (Å²) < 4.78 is 5.29. The van der Waals surface area contributed by atoms with Crippen LogP contribution in [0.1, 0.15) is 18.4 Å². The Balaban J connectivity index is 1.55. The Morgan fingerprint density at radius 3 is 2.71 bits per heavy atom. The number of hydrogen-bond donors (Lipinski definition) is 1. The van der Waals surface area contributed by atoms with Gasteiger partial charge in [-0.2, -0.15) is 0 Å². The van der Waals surface area contributed by atoms with Gasteiger partial charge in [-0.05, 0) is 18.4 Å². The molecule has 2 saturated heterocycles. The van der Waals surface area contributed by atoms with Gasteiger partial charge in [0, 0.05) is 18.1 Å². The first kappa shape index (κ1) is 10.6. The van der Waals surface area contributed by atoms with Gasteiger partial charge < -0.3 is 15.4 Å². The average molecular weight is 232 g/mol. The maximum atomic E-state index is 11.8. The first-order valence-electron chi connectivity index (χ1n) is 5.93. The number of nitrogens with zero attached hydrogens (tertiary/aromatic N) is 1. The molecule has 17 heavy (non-hydrogen) atoms. The number of benzene rings is 1. The summed E-state index contributed by atoms with van der Waals surface area (Å²) in [5.74, 6) is 0. The van der Waals surface area contributed by atoms with Crippen LogP contribution in [0.15, 0.2) is 30.3 Å². The van der Waals surface area contributed by atoms with Crippen molar-refractivity contribution in [3.63, 3.8) is 0 Å². The Hall–Kier alpha value is -1.55. The third-order valence-corrected chi connectivity index (χ3v) is 3.65. The van der Waals surface area contributed by atoms with Crippen LogP contribution in [0.2, 0.25) is 0 Å². The summed E-state index contributed by atoms with van der Waals surface area (Å²) in [7, 11) is 0. The predicted octanol–water partition coefficient (Wildman–Crippen LogP) is 1.50. The lowest BCUT2D eigenvalue weighted by atomic mass is 9.79. The van der Waals surface area contributed by atoms with Crippen LogP contribution in [0.3, 0.4) is 0 Å². The Bertz CT molecular complexity index is 426. The van der Waals surface area contributed by atoms with E-state index < -0.39 is 0 Å². The monoisotopic (exact) mass is 232 g/mol. The quantitative estimate of drug-likeness (QED) is 0.840. The highest BCUT2D eigenvalue weighted by molar-refractivity contribution is 5.69. The van der Waals surface area contributed by atoms with Crippen molar-refractivity contribution in [1.29, 1.82) is 0 Å². The number of fused-ring (bicyclic) bond motifs is 1. The standard InChI is InChI=1S/C13H16N2O2/c14-13-6-11(7-13)15(9-13)12(16)17-8-10-4-2-1-3-5-10/h1-5,11H,6-9,14H2. The number of carbonyl (C=O) groups is 1. The first-order chi connectivity index (χ1) is 8.16. The normalized spacial score (nSPS) is 29.9. The molecule has 1 amide bonds. The number of ether oxygens (including phenoxy) is 1. The minimum atomic E-state index is -0.233. The smallest absolute Gasteiger partial charge is 0.410 e. The summed E-state index contributed by atoms with van der Waals surface area (Å²) in [5.41, 5.74) is 6.91. The third-order valence-electron chi connectivity index (χ3n) is 3.65. The average Bonchev–Trinajstić information content (AvgIpc) is 2.81. The van der Waals surface area contributed by atoms with Crippen LogP contribution < -0.4 is 5.73 Å². The zero-order chi connectivity index (χ0) is 11.9. The summed E-state index contributed by atoms with van der Waals surface area (Å²) in [6, 6.07) is 10.0. The zero-order valence-electron chi connectivity index (χ0n) is 9.63. The van der Waals surface area contributed by atoms with Crippen molar-refractivity contribution in [3.8, 4) is 0 Å². The van der Waals surface area contributed by atoms with Gasteiger partial charge in [0.2, 0.25) is 0 Å². The molecule has 0 spiro atoms. The fraction of sp³-hybridized carbons (Fsp3) is 0.462. The number of rotatable bonds is 2. The summed E-state index contributed by atoms with van der Waals surface area (Å²) in [4.78, 5) is 13.6. The fourth-order valence-electron chi connectivity index (χ4n) is 2.71. The van der Waals surface area contributed by atoms with Crippen molar-refractivity contribution in [1.82, 2.24) is 4.90 Å². The van der Waals surface area contributed by atoms with Gasteiger partial charge >= 0.3 is 6.09 Å². The summed E-state index contributed by atoms with van der Waals surface area (Å²) in [6.07, 6.45) is 1.62. The minimum absolute atomic E-state index is 0.129. The van der Waals surface area contributed by atoms with E-state index in [0.29, 0.717) is 19.2 Å². The highest BCUT2D eigenvalue weighted by Crippen LogP contribution is 2.42. The molecule has 4 rings (SSSR count). The molecule has 3 fully saturated rings. The maximum Gasteiger partial charge on any atom is 0.410 e. The van der Waals surface area contributed by atoms with Gasteiger partial charge in [-0.15, -0.1) is 0 Å². The zero-order valence-corrected chi connectivity index (χ0v) is 9.63. The predicted molar refractivity (Wildman–Crippen MR) is 63.3 cm³/mol. The van der Waals surface area contributed by atoms with E-state index in [1.165, 1.54) is 0 Å². The maximum absolute atomic E-state index is 11.8. The molecule has 1 aliphatic carbocycles. The first-order valence-corrected chi connectivity index (χ1v) is 5.93. The van der Waals surface area contributed by atoms with Crippen LogP contribution in [0.25, 0.3) is 0 Å². The second-order valence-electron chi connectivity index (χ2n) is 5.09. The molecule has 2 aliphatic heterocycles. The molecule has 0 radical (unpaired) electrons. The van der Waals surface area contributed by atoms with Gasteiger partial charge in [-0.25, -0.2) is 4.79 Å². The Morgan fingerprint density at radius 1 is 1.41 bits per heavy atom. The van der Waals surface area contributed by atoms with Gasteiger partial charge in [-0.3, -0.25) is 0 Å². The van der Waals surface area contributed by atoms with E-state index in [1.54, 1.807) is 4.90 Å². The van der Waals surface area contributed by atoms with Crippen LogP contribution in [0.4, 0.5) is 4.79 Å². The molecule has 1 aromatic rings. The van der Waals surface area contributed by atoms with E-state index in [1.807, 2.05) is 30.3 Å². The molecule has 0 aromatic heterocycles. The molecule has 4 heteroatoms. The van der Waals surface area contributed by atoms with E-state index in [9.17, 15) is 4.79 Å². The van der Waals surface area contributed by atoms with E-state index in [2.05, 4.69) is 0 Å². The van der Waals surface area contributed by atoms with Gasteiger partial charge in [0.15, 0.2) is 0 Å². The lowest BCUT2D eigenvalue weighted by Gasteiger charge is -2.32. The lowest BCUT2D eigenvalue weighted by molar-refractivity contribution is 0.0947. The van der Waals surface area contributed by atoms with Crippen molar-refractivity contribution in [2.75, 3.05) is 6.54 Å². The van der Waals surface area contributed by atoms with Crippen molar-refractivity contribution < 1.29 is 9.53 Å². The molecule has 2 bridgehead atoms.